The summed E-state index contributed by atoms with van der Waals surface area (Å²) in [5.41, 5.74) is 4.18. The number of aliphatic hydroxyl groups is 1. The Bertz CT molecular complexity index is 629. The van der Waals surface area contributed by atoms with Crippen LogP contribution in [0.3, 0.4) is 0 Å². The molecule has 0 spiro atoms. The zero-order valence-corrected chi connectivity index (χ0v) is 14.9. The Morgan fingerprint density at radius 3 is 2.70 bits per heavy atom. The van der Waals surface area contributed by atoms with Crippen LogP contribution in [0.2, 0.25) is 0 Å². The van der Waals surface area contributed by atoms with Gasteiger partial charge in [0.1, 0.15) is 0 Å². The van der Waals surface area contributed by atoms with Gasteiger partial charge in [0.15, 0.2) is 0 Å². The summed E-state index contributed by atoms with van der Waals surface area (Å²) in [7, 11) is 0. The highest BCUT2D eigenvalue weighted by Crippen LogP contribution is 2.40. The molecule has 0 saturated heterocycles. The predicted octanol–water partition coefficient (Wildman–Crippen LogP) is 4.61. The molecule has 0 bridgehead atoms. The van der Waals surface area contributed by atoms with Gasteiger partial charge < -0.3 is 10.4 Å². The van der Waals surface area contributed by atoms with Crippen molar-refractivity contribution in [3.63, 3.8) is 0 Å². The van der Waals surface area contributed by atoms with E-state index in [0.717, 1.165) is 25.8 Å². The molecule has 0 amide bonds. The maximum atomic E-state index is 9.21. The van der Waals surface area contributed by atoms with Gasteiger partial charge in [0.2, 0.25) is 0 Å². The fourth-order valence-electron chi connectivity index (χ4n) is 3.65. The van der Waals surface area contributed by atoms with Gasteiger partial charge >= 0.3 is 0 Å². The first-order valence-corrected chi connectivity index (χ1v) is 9.24. The average molecular weight is 374 g/mol. The number of aliphatic hydroxyl groups excluding tert-OH is 1. The fraction of sp³-hybridized carbons (Fsp3) is 0.400. The lowest BCUT2D eigenvalue weighted by Gasteiger charge is -2.35. The van der Waals surface area contributed by atoms with Crippen molar-refractivity contribution in [3.05, 3.63) is 69.7 Å². The van der Waals surface area contributed by atoms with E-state index in [1.54, 1.807) is 0 Å². The van der Waals surface area contributed by atoms with Crippen LogP contribution in [0.25, 0.3) is 0 Å². The van der Waals surface area contributed by atoms with Crippen molar-refractivity contribution in [3.8, 4) is 0 Å². The van der Waals surface area contributed by atoms with Crippen LogP contribution >= 0.6 is 15.9 Å². The van der Waals surface area contributed by atoms with E-state index in [2.05, 4.69) is 69.8 Å². The fourth-order valence-corrected chi connectivity index (χ4v) is 4.30. The number of benzene rings is 2. The Morgan fingerprint density at radius 2 is 1.91 bits per heavy atom. The van der Waals surface area contributed by atoms with Crippen molar-refractivity contribution < 1.29 is 5.11 Å². The first-order valence-electron chi connectivity index (χ1n) is 8.45. The minimum Gasteiger partial charge on any atom is -0.396 e. The molecule has 2 aromatic rings. The molecule has 0 heterocycles. The maximum Gasteiger partial charge on any atom is 0.0431 e. The zero-order valence-electron chi connectivity index (χ0n) is 13.3. The molecule has 3 rings (SSSR count). The summed E-state index contributed by atoms with van der Waals surface area (Å²) < 4.78 is 1.20. The number of aryl methyl sites for hydroxylation is 1. The molecule has 122 valence electrons. The molecule has 1 aliphatic rings. The number of rotatable bonds is 6. The van der Waals surface area contributed by atoms with Crippen LogP contribution in [0.5, 0.6) is 0 Å². The van der Waals surface area contributed by atoms with Crippen molar-refractivity contribution in [1.29, 1.82) is 0 Å². The molecular weight excluding hydrogens is 350 g/mol. The van der Waals surface area contributed by atoms with E-state index in [0.29, 0.717) is 12.0 Å². The monoisotopic (exact) mass is 373 g/mol. The molecule has 23 heavy (non-hydrogen) atoms. The minimum atomic E-state index is 0.282. The van der Waals surface area contributed by atoms with Gasteiger partial charge in [-0.3, -0.25) is 0 Å². The molecule has 2 N–H and O–H groups in total. The summed E-state index contributed by atoms with van der Waals surface area (Å²) in [6.07, 6.45) is 4.28. The highest BCUT2D eigenvalue weighted by Gasteiger charge is 2.30. The first-order chi connectivity index (χ1) is 11.3. The van der Waals surface area contributed by atoms with Crippen molar-refractivity contribution >= 4 is 15.9 Å². The van der Waals surface area contributed by atoms with E-state index >= 15 is 0 Å². The Labute approximate surface area is 147 Å². The molecule has 1 aliphatic carbocycles. The number of halogens is 1. The van der Waals surface area contributed by atoms with Crippen LogP contribution in [-0.4, -0.2) is 11.7 Å². The van der Waals surface area contributed by atoms with Crippen molar-refractivity contribution in [2.75, 3.05) is 6.61 Å². The SMILES string of the molecule is OCCCC1CCc2cccc(Br)c2C1NCc1ccccc1. The van der Waals surface area contributed by atoms with Crippen LogP contribution in [-0.2, 0) is 13.0 Å². The third kappa shape index (κ3) is 4.03. The maximum absolute atomic E-state index is 9.21. The third-order valence-electron chi connectivity index (χ3n) is 4.81. The molecule has 2 unspecified atom stereocenters. The Hall–Kier alpha value is -1.16. The molecule has 2 nitrogen and oxygen atoms in total. The first kappa shape index (κ1) is 16.7. The summed E-state index contributed by atoms with van der Waals surface area (Å²) in [6.45, 7) is 1.16. The number of nitrogens with one attached hydrogen (secondary N) is 1. The number of hydrogen-bond acceptors (Lipinski definition) is 2. The van der Waals surface area contributed by atoms with Gasteiger partial charge in [-0.2, -0.15) is 0 Å². The van der Waals surface area contributed by atoms with Crippen molar-refractivity contribution in [2.24, 2.45) is 5.92 Å². The standard InChI is InChI=1S/C20H24BrNO/c21-18-10-4-8-16-11-12-17(9-5-13-23)20(19(16)18)22-14-15-6-2-1-3-7-15/h1-4,6-8,10,17,20,22-23H,5,9,11-14H2. The van der Waals surface area contributed by atoms with E-state index in [-0.39, 0.29) is 6.61 Å². The summed E-state index contributed by atoms with van der Waals surface area (Å²) in [5.74, 6) is 0.581. The quantitative estimate of drug-likeness (QED) is 0.774. The second kappa shape index (κ2) is 8.09. The lowest BCUT2D eigenvalue weighted by atomic mass is 9.77. The summed E-state index contributed by atoms with van der Waals surface area (Å²) in [5, 5.41) is 13.0. The average Bonchev–Trinajstić information content (AvgIpc) is 2.59. The largest absolute Gasteiger partial charge is 0.396 e. The molecule has 0 saturated carbocycles. The van der Waals surface area contributed by atoms with E-state index in [1.807, 2.05) is 0 Å². The van der Waals surface area contributed by atoms with Crippen LogP contribution in [0.4, 0.5) is 0 Å². The minimum absolute atomic E-state index is 0.282. The molecule has 0 radical (unpaired) electrons. The molecule has 2 atom stereocenters. The molecule has 2 aromatic carbocycles. The van der Waals surface area contributed by atoms with Gasteiger partial charge in [-0.15, -0.1) is 0 Å². The predicted molar refractivity (Wildman–Crippen MR) is 98.3 cm³/mol. The zero-order chi connectivity index (χ0) is 16.1. The lowest BCUT2D eigenvalue weighted by Crippen LogP contribution is -2.32. The van der Waals surface area contributed by atoms with E-state index < -0.39 is 0 Å². The smallest absolute Gasteiger partial charge is 0.0431 e. The topological polar surface area (TPSA) is 32.3 Å². The van der Waals surface area contributed by atoms with E-state index in [1.165, 1.54) is 27.6 Å². The van der Waals surface area contributed by atoms with Crippen molar-refractivity contribution in [1.82, 2.24) is 5.32 Å². The third-order valence-corrected chi connectivity index (χ3v) is 5.50. The van der Waals surface area contributed by atoms with Crippen LogP contribution in [0.1, 0.15) is 42.0 Å². The number of fused-ring (bicyclic) bond motifs is 1. The van der Waals surface area contributed by atoms with Crippen molar-refractivity contribution in [2.45, 2.75) is 38.3 Å². The summed E-state index contributed by atoms with van der Waals surface area (Å²) >= 11 is 3.75. The van der Waals surface area contributed by atoms with Crippen LogP contribution in [0, 0.1) is 5.92 Å². The second-order valence-electron chi connectivity index (χ2n) is 6.32. The van der Waals surface area contributed by atoms with E-state index in [9.17, 15) is 5.11 Å². The highest BCUT2D eigenvalue weighted by molar-refractivity contribution is 9.10. The highest BCUT2D eigenvalue weighted by atomic mass is 79.9. The van der Waals surface area contributed by atoms with Gasteiger partial charge in [0.05, 0.1) is 0 Å². The Balaban J connectivity index is 1.82. The molecule has 0 fully saturated rings. The summed E-state index contributed by atoms with van der Waals surface area (Å²) in [6, 6.07) is 17.4. The summed E-state index contributed by atoms with van der Waals surface area (Å²) in [4.78, 5) is 0. The Kier molecular flexibility index (Phi) is 5.87. The Morgan fingerprint density at radius 1 is 1.09 bits per heavy atom. The lowest BCUT2D eigenvalue weighted by molar-refractivity contribution is 0.240. The second-order valence-corrected chi connectivity index (χ2v) is 7.18. The molecule has 0 aliphatic heterocycles. The van der Waals surface area contributed by atoms with E-state index in [4.69, 9.17) is 0 Å². The normalized spacial score (nSPS) is 20.3. The molecule has 3 heteroatoms. The van der Waals surface area contributed by atoms with Gasteiger partial charge in [0, 0.05) is 23.7 Å². The molecule has 0 aromatic heterocycles. The van der Waals surface area contributed by atoms with Gasteiger partial charge in [-0.05, 0) is 54.4 Å². The van der Waals surface area contributed by atoms with Crippen LogP contribution in [0.15, 0.2) is 53.0 Å². The van der Waals surface area contributed by atoms with Gasteiger partial charge in [0.25, 0.3) is 0 Å². The molecular formula is C20H24BrNO. The van der Waals surface area contributed by atoms with Gasteiger partial charge in [-0.25, -0.2) is 0 Å². The number of hydrogen-bond donors (Lipinski definition) is 2. The van der Waals surface area contributed by atoms with Gasteiger partial charge in [-0.1, -0.05) is 58.4 Å². The van der Waals surface area contributed by atoms with Crippen LogP contribution < -0.4 is 5.32 Å².